The van der Waals surface area contributed by atoms with Gasteiger partial charge in [-0.3, -0.25) is 24.6 Å². The van der Waals surface area contributed by atoms with Crippen LogP contribution in [0, 0.1) is 0 Å². The summed E-state index contributed by atoms with van der Waals surface area (Å²) >= 11 is 0. The summed E-state index contributed by atoms with van der Waals surface area (Å²) in [7, 11) is 0. The number of hydrogen-bond acceptors (Lipinski definition) is 6. The maximum absolute atomic E-state index is 12.7. The topological polar surface area (TPSA) is 134 Å². The van der Waals surface area contributed by atoms with E-state index in [2.05, 4.69) is 10.6 Å². The molecule has 0 aromatic carbocycles. The highest BCUT2D eigenvalue weighted by Gasteiger charge is 2.50. The number of ether oxygens (including phenoxy) is 1. The van der Waals surface area contributed by atoms with Gasteiger partial charge >= 0.3 is 18.0 Å². The van der Waals surface area contributed by atoms with Gasteiger partial charge in [0.1, 0.15) is 12.1 Å². The standard InChI is InChI=1S/C18H30N4O6/c1-6-8-18(9-7-2)14(25)22(16(27)21-18)10-13(24)28-11-12(23)19-15(26)20-17(3,4)5/h6-11H2,1-5H3,(H,21,27)(H2,19,20,23,26). The molecule has 0 aliphatic carbocycles. The fourth-order valence-electron chi connectivity index (χ4n) is 2.99. The molecule has 0 saturated carbocycles. The quantitative estimate of drug-likeness (QED) is 0.413. The zero-order valence-electron chi connectivity index (χ0n) is 17.1. The third kappa shape index (κ3) is 6.50. The highest BCUT2D eigenvalue weighted by Crippen LogP contribution is 2.27. The van der Waals surface area contributed by atoms with Crippen molar-refractivity contribution < 1.29 is 28.7 Å². The number of nitrogens with zero attached hydrogens (tertiary/aromatic N) is 1. The SMILES string of the molecule is CCCC1(CCC)NC(=O)N(CC(=O)OCC(=O)NC(=O)NC(C)(C)C)C1=O. The molecule has 1 rings (SSSR count). The fourth-order valence-corrected chi connectivity index (χ4v) is 2.99. The van der Waals surface area contributed by atoms with Gasteiger partial charge in [-0.15, -0.1) is 0 Å². The summed E-state index contributed by atoms with van der Waals surface area (Å²) in [6.45, 7) is 7.74. The van der Waals surface area contributed by atoms with Gasteiger partial charge in [-0.2, -0.15) is 0 Å². The number of nitrogens with one attached hydrogen (secondary N) is 3. The van der Waals surface area contributed by atoms with Crippen molar-refractivity contribution in [2.75, 3.05) is 13.2 Å². The highest BCUT2D eigenvalue weighted by atomic mass is 16.5. The van der Waals surface area contributed by atoms with Crippen LogP contribution >= 0.6 is 0 Å². The second-order valence-corrected chi connectivity index (χ2v) is 7.82. The summed E-state index contributed by atoms with van der Waals surface area (Å²) in [5.74, 6) is -2.20. The summed E-state index contributed by atoms with van der Waals surface area (Å²) in [4.78, 5) is 60.8. The molecule has 6 amide bonds. The van der Waals surface area contributed by atoms with E-state index in [1.54, 1.807) is 20.8 Å². The number of urea groups is 2. The monoisotopic (exact) mass is 398 g/mol. The Balaban J connectivity index is 2.56. The van der Waals surface area contributed by atoms with Crippen molar-refractivity contribution in [2.45, 2.75) is 71.4 Å². The lowest BCUT2D eigenvalue weighted by Gasteiger charge is -2.25. The van der Waals surface area contributed by atoms with Gasteiger partial charge in [-0.05, 0) is 33.6 Å². The third-order valence-electron chi connectivity index (χ3n) is 3.99. The van der Waals surface area contributed by atoms with Crippen molar-refractivity contribution in [3.63, 3.8) is 0 Å². The normalized spacial score (nSPS) is 15.8. The van der Waals surface area contributed by atoms with Gasteiger partial charge in [0, 0.05) is 5.54 Å². The number of carbonyl (C=O) groups is 5. The molecule has 0 atom stereocenters. The van der Waals surface area contributed by atoms with E-state index in [0.717, 1.165) is 4.90 Å². The largest absolute Gasteiger partial charge is 0.454 e. The first kappa shape index (κ1) is 23.4. The van der Waals surface area contributed by atoms with Crippen LogP contribution in [0.2, 0.25) is 0 Å². The Hall–Kier alpha value is -2.65. The Morgan fingerprint density at radius 3 is 2.18 bits per heavy atom. The molecule has 0 spiro atoms. The maximum atomic E-state index is 12.7. The van der Waals surface area contributed by atoms with Crippen LogP contribution in [0.15, 0.2) is 0 Å². The molecule has 10 heteroatoms. The molecule has 0 aromatic rings. The highest BCUT2D eigenvalue weighted by molar-refractivity contribution is 6.08. The zero-order valence-corrected chi connectivity index (χ0v) is 17.1. The molecule has 0 bridgehead atoms. The van der Waals surface area contributed by atoms with Gasteiger partial charge in [0.2, 0.25) is 0 Å². The van der Waals surface area contributed by atoms with E-state index >= 15 is 0 Å². The van der Waals surface area contributed by atoms with E-state index in [9.17, 15) is 24.0 Å². The van der Waals surface area contributed by atoms with E-state index in [4.69, 9.17) is 4.74 Å². The van der Waals surface area contributed by atoms with Gasteiger partial charge in [0.25, 0.3) is 11.8 Å². The molecular formula is C18H30N4O6. The van der Waals surface area contributed by atoms with Crippen molar-refractivity contribution in [3.05, 3.63) is 0 Å². The molecule has 0 unspecified atom stereocenters. The van der Waals surface area contributed by atoms with Gasteiger partial charge < -0.3 is 15.4 Å². The lowest BCUT2D eigenvalue weighted by atomic mass is 9.88. The molecule has 1 aliphatic rings. The molecule has 28 heavy (non-hydrogen) atoms. The smallest absolute Gasteiger partial charge is 0.326 e. The van der Waals surface area contributed by atoms with Crippen molar-refractivity contribution >= 4 is 29.8 Å². The lowest BCUT2D eigenvalue weighted by molar-refractivity contribution is -0.151. The van der Waals surface area contributed by atoms with Crippen LogP contribution in [0.3, 0.4) is 0 Å². The molecule has 158 valence electrons. The summed E-state index contributed by atoms with van der Waals surface area (Å²) in [6.07, 6.45) is 2.34. The second-order valence-electron chi connectivity index (χ2n) is 7.82. The van der Waals surface area contributed by atoms with Crippen LogP contribution in [0.25, 0.3) is 0 Å². The van der Waals surface area contributed by atoms with Crippen LogP contribution in [0.4, 0.5) is 9.59 Å². The minimum atomic E-state index is -0.997. The Morgan fingerprint density at radius 2 is 1.68 bits per heavy atom. The molecule has 0 aromatic heterocycles. The molecule has 1 saturated heterocycles. The summed E-state index contributed by atoms with van der Waals surface area (Å²) in [5.41, 5.74) is -1.53. The van der Waals surface area contributed by atoms with Crippen LogP contribution in [-0.2, 0) is 19.1 Å². The van der Waals surface area contributed by atoms with Crippen molar-refractivity contribution in [1.29, 1.82) is 0 Å². The second kappa shape index (κ2) is 9.52. The zero-order chi connectivity index (χ0) is 21.5. The Labute approximate surface area is 164 Å². The number of hydrogen-bond donors (Lipinski definition) is 3. The number of esters is 1. The first-order chi connectivity index (χ1) is 12.9. The minimum Gasteiger partial charge on any atom is -0.454 e. The Bertz CT molecular complexity index is 634. The summed E-state index contributed by atoms with van der Waals surface area (Å²) in [6, 6.07) is -1.37. The summed E-state index contributed by atoms with van der Waals surface area (Å²) in [5, 5.41) is 7.23. The molecule has 0 radical (unpaired) electrons. The Morgan fingerprint density at radius 1 is 1.11 bits per heavy atom. The fraction of sp³-hybridized carbons (Fsp3) is 0.722. The van der Waals surface area contributed by atoms with E-state index in [1.165, 1.54) is 0 Å². The van der Waals surface area contributed by atoms with Gasteiger partial charge in [-0.1, -0.05) is 26.7 Å². The van der Waals surface area contributed by atoms with Gasteiger partial charge in [0.05, 0.1) is 0 Å². The molecule has 1 heterocycles. The van der Waals surface area contributed by atoms with Crippen LogP contribution in [0.5, 0.6) is 0 Å². The number of amides is 6. The predicted octanol–water partition coefficient (Wildman–Crippen LogP) is 1.04. The molecule has 1 aliphatic heterocycles. The van der Waals surface area contributed by atoms with Crippen molar-refractivity contribution in [3.8, 4) is 0 Å². The first-order valence-electron chi connectivity index (χ1n) is 9.36. The van der Waals surface area contributed by atoms with Crippen LogP contribution in [-0.4, -0.2) is 59.0 Å². The van der Waals surface area contributed by atoms with Crippen molar-refractivity contribution in [2.24, 2.45) is 0 Å². The molecule has 3 N–H and O–H groups in total. The minimum absolute atomic E-state index is 0.466. The Kier molecular flexibility index (Phi) is 7.95. The summed E-state index contributed by atoms with van der Waals surface area (Å²) < 4.78 is 4.78. The average Bonchev–Trinajstić information content (AvgIpc) is 2.76. The predicted molar refractivity (Wildman–Crippen MR) is 100 cm³/mol. The molecular weight excluding hydrogens is 368 g/mol. The van der Waals surface area contributed by atoms with E-state index in [0.29, 0.717) is 25.7 Å². The number of imide groups is 2. The van der Waals surface area contributed by atoms with E-state index in [-0.39, 0.29) is 0 Å². The molecule has 10 nitrogen and oxygen atoms in total. The van der Waals surface area contributed by atoms with Gasteiger partial charge in [-0.25, -0.2) is 9.59 Å². The molecule has 1 fully saturated rings. The van der Waals surface area contributed by atoms with E-state index in [1.807, 2.05) is 19.2 Å². The van der Waals surface area contributed by atoms with Crippen LogP contribution in [0.1, 0.15) is 60.3 Å². The lowest BCUT2D eigenvalue weighted by Crippen LogP contribution is -2.49. The first-order valence-corrected chi connectivity index (χ1v) is 9.36. The van der Waals surface area contributed by atoms with Crippen LogP contribution < -0.4 is 16.0 Å². The number of carbonyl (C=O) groups excluding carboxylic acids is 5. The number of rotatable bonds is 8. The average molecular weight is 398 g/mol. The van der Waals surface area contributed by atoms with Gasteiger partial charge in [0.15, 0.2) is 6.61 Å². The van der Waals surface area contributed by atoms with E-state index < -0.39 is 54.1 Å². The third-order valence-corrected chi connectivity index (χ3v) is 3.99. The maximum Gasteiger partial charge on any atom is 0.326 e. The van der Waals surface area contributed by atoms with Crippen molar-refractivity contribution in [1.82, 2.24) is 20.9 Å².